The summed E-state index contributed by atoms with van der Waals surface area (Å²) in [6.07, 6.45) is 2.20. The van der Waals surface area contributed by atoms with Gasteiger partial charge in [0, 0.05) is 37.4 Å². The first kappa shape index (κ1) is 26.7. The number of aryl methyl sites for hydroxylation is 1. The SMILES string of the molecule is C=C(C)c1cc(C)c2oc(C3=CCC(NC(=O)CN4CCN(c5ccc(C(F)(F)F)cc5)CC4)C=C3)nc2c1. The molecule has 0 saturated carbocycles. The Balaban J connectivity index is 1.11. The van der Waals surface area contributed by atoms with Crippen LogP contribution in [-0.2, 0) is 11.0 Å². The third-order valence-corrected chi connectivity index (χ3v) is 7.16. The van der Waals surface area contributed by atoms with Crippen molar-refractivity contribution in [2.45, 2.75) is 32.5 Å². The van der Waals surface area contributed by atoms with Crippen LogP contribution in [0.1, 0.15) is 35.9 Å². The summed E-state index contributed by atoms with van der Waals surface area (Å²) in [7, 11) is 0. The van der Waals surface area contributed by atoms with E-state index in [9.17, 15) is 18.0 Å². The van der Waals surface area contributed by atoms with Gasteiger partial charge in [0.15, 0.2) is 5.58 Å². The molecule has 204 valence electrons. The Morgan fingerprint density at radius 2 is 1.87 bits per heavy atom. The van der Waals surface area contributed by atoms with Gasteiger partial charge in [0.2, 0.25) is 11.8 Å². The number of nitrogens with one attached hydrogen (secondary N) is 1. The summed E-state index contributed by atoms with van der Waals surface area (Å²) in [4.78, 5) is 21.5. The van der Waals surface area contributed by atoms with Crippen molar-refractivity contribution in [2.24, 2.45) is 0 Å². The molecule has 3 aromatic rings. The highest BCUT2D eigenvalue weighted by atomic mass is 19.4. The van der Waals surface area contributed by atoms with Gasteiger partial charge in [-0.3, -0.25) is 9.69 Å². The van der Waals surface area contributed by atoms with Crippen molar-refractivity contribution in [1.29, 1.82) is 0 Å². The predicted octanol–water partition coefficient (Wildman–Crippen LogP) is 5.84. The summed E-state index contributed by atoms with van der Waals surface area (Å²) >= 11 is 0. The fourth-order valence-corrected chi connectivity index (χ4v) is 4.94. The van der Waals surface area contributed by atoms with Gasteiger partial charge in [-0.05, 0) is 67.8 Å². The lowest BCUT2D eigenvalue weighted by atomic mass is 10.0. The Morgan fingerprint density at radius 3 is 2.49 bits per heavy atom. The third-order valence-electron chi connectivity index (χ3n) is 7.16. The molecule has 1 fully saturated rings. The number of rotatable bonds is 6. The van der Waals surface area contributed by atoms with Gasteiger partial charge in [0.1, 0.15) is 5.52 Å². The first-order valence-corrected chi connectivity index (χ1v) is 13.0. The second-order valence-corrected chi connectivity index (χ2v) is 10.2. The van der Waals surface area contributed by atoms with Gasteiger partial charge in [-0.2, -0.15) is 13.2 Å². The van der Waals surface area contributed by atoms with E-state index in [0.29, 0.717) is 38.5 Å². The number of hydrogen-bond acceptors (Lipinski definition) is 5. The maximum absolute atomic E-state index is 12.8. The monoisotopic (exact) mass is 536 g/mol. The Labute approximate surface area is 225 Å². The lowest BCUT2D eigenvalue weighted by molar-refractivity contribution is -0.137. The molecule has 1 aromatic heterocycles. The van der Waals surface area contributed by atoms with E-state index in [1.165, 1.54) is 12.1 Å². The number of aromatic nitrogens is 1. The second kappa shape index (κ2) is 10.7. The molecule has 9 heteroatoms. The summed E-state index contributed by atoms with van der Waals surface area (Å²) in [5.41, 5.74) is 5.57. The molecule has 2 heterocycles. The van der Waals surface area contributed by atoms with Crippen molar-refractivity contribution in [3.8, 4) is 0 Å². The lowest BCUT2D eigenvalue weighted by Gasteiger charge is -2.36. The molecule has 1 aliphatic carbocycles. The van der Waals surface area contributed by atoms with Crippen molar-refractivity contribution in [2.75, 3.05) is 37.6 Å². The summed E-state index contributed by atoms with van der Waals surface area (Å²) in [6.45, 7) is 10.8. The average molecular weight is 537 g/mol. The molecular formula is C30H31F3N4O2. The molecule has 39 heavy (non-hydrogen) atoms. The fraction of sp³-hybridized carbons (Fsp3) is 0.333. The zero-order chi connectivity index (χ0) is 27.7. The first-order valence-electron chi connectivity index (χ1n) is 13.0. The van der Waals surface area contributed by atoms with Crippen molar-refractivity contribution < 1.29 is 22.4 Å². The highest BCUT2D eigenvalue weighted by Crippen LogP contribution is 2.31. The molecule has 1 atom stereocenters. The molecule has 6 nitrogen and oxygen atoms in total. The molecule has 1 unspecified atom stereocenters. The normalized spacial score (nSPS) is 18.3. The fourth-order valence-electron chi connectivity index (χ4n) is 4.94. The van der Waals surface area contributed by atoms with Crippen LogP contribution in [0.3, 0.4) is 0 Å². The minimum absolute atomic E-state index is 0.0608. The minimum atomic E-state index is -4.34. The third kappa shape index (κ3) is 6.09. The van der Waals surface area contributed by atoms with Gasteiger partial charge in [-0.1, -0.05) is 30.4 Å². The molecule has 2 aromatic carbocycles. The Hall–Kier alpha value is -3.85. The van der Waals surface area contributed by atoms with Crippen LogP contribution in [0.25, 0.3) is 22.2 Å². The number of alkyl halides is 3. The summed E-state index contributed by atoms with van der Waals surface area (Å²) < 4.78 is 44.5. The molecule has 0 radical (unpaired) electrons. The van der Waals surface area contributed by atoms with Crippen LogP contribution in [0, 0.1) is 6.92 Å². The zero-order valence-electron chi connectivity index (χ0n) is 22.0. The standard InChI is InChI=1S/C30H31F3N4O2/c1-19(2)22-16-20(3)28-26(17-22)35-29(39-28)21-4-8-24(9-5-21)34-27(38)18-36-12-14-37(15-13-36)25-10-6-23(7-11-25)30(31,32)33/h4-8,10-11,16-17,24H,1,9,12-15,18H2,2-3H3,(H,34,38). The van der Waals surface area contributed by atoms with E-state index in [1.807, 2.05) is 49.1 Å². The first-order chi connectivity index (χ1) is 18.6. The number of benzene rings is 2. The largest absolute Gasteiger partial charge is 0.436 e. The molecule has 1 amide bonds. The molecule has 1 aliphatic heterocycles. The van der Waals surface area contributed by atoms with Crippen molar-refractivity contribution in [1.82, 2.24) is 15.2 Å². The molecular weight excluding hydrogens is 505 g/mol. The Morgan fingerprint density at radius 1 is 1.15 bits per heavy atom. The van der Waals surface area contributed by atoms with E-state index in [-0.39, 0.29) is 18.5 Å². The van der Waals surface area contributed by atoms with E-state index in [2.05, 4.69) is 21.8 Å². The van der Waals surface area contributed by atoms with Gasteiger partial charge < -0.3 is 14.6 Å². The van der Waals surface area contributed by atoms with Gasteiger partial charge in [-0.25, -0.2) is 4.98 Å². The Bertz CT molecular complexity index is 1450. The number of anilines is 1. The number of fused-ring (bicyclic) bond motifs is 1. The van der Waals surface area contributed by atoms with E-state index in [1.54, 1.807) is 0 Å². The van der Waals surface area contributed by atoms with E-state index in [4.69, 9.17) is 4.42 Å². The number of carbonyl (C=O) groups excluding carboxylic acids is 1. The number of allylic oxidation sites excluding steroid dienone is 3. The summed E-state index contributed by atoms with van der Waals surface area (Å²) in [5.74, 6) is 0.494. The van der Waals surface area contributed by atoms with Crippen LogP contribution < -0.4 is 10.2 Å². The smallest absolute Gasteiger partial charge is 0.416 e. The second-order valence-electron chi connectivity index (χ2n) is 10.2. The number of oxazole rings is 1. The minimum Gasteiger partial charge on any atom is -0.436 e. The highest BCUT2D eigenvalue weighted by Gasteiger charge is 2.30. The number of carbonyl (C=O) groups is 1. The van der Waals surface area contributed by atoms with E-state index < -0.39 is 11.7 Å². The maximum Gasteiger partial charge on any atom is 0.416 e. The predicted molar refractivity (Wildman–Crippen MR) is 147 cm³/mol. The van der Waals surface area contributed by atoms with Crippen LogP contribution in [-0.4, -0.2) is 54.6 Å². The van der Waals surface area contributed by atoms with Gasteiger partial charge in [0.25, 0.3) is 0 Å². The summed E-state index contributed by atoms with van der Waals surface area (Å²) in [5, 5.41) is 3.06. The zero-order valence-corrected chi connectivity index (χ0v) is 22.0. The number of halogens is 3. The molecule has 5 rings (SSSR count). The number of nitrogens with zero attached hydrogens (tertiary/aromatic N) is 3. The topological polar surface area (TPSA) is 61.6 Å². The van der Waals surface area contributed by atoms with Crippen molar-refractivity contribution >= 4 is 33.8 Å². The van der Waals surface area contributed by atoms with Crippen LogP contribution in [0.2, 0.25) is 0 Å². The van der Waals surface area contributed by atoms with Crippen LogP contribution in [0.15, 0.2) is 65.6 Å². The van der Waals surface area contributed by atoms with Gasteiger partial charge in [-0.15, -0.1) is 0 Å². The van der Waals surface area contributed by atoms with Gasteiger partial charge >= 0.3 is 6.18 Å². The molecule has 0 spiro atoms. The average Bonchev–Trinajstić information content (AvgIpc) is 3.34. The van der Waals surface area contributed by atoms with E-state index in [0.717, 1.165) is 51.2 Å². The number of hydrogen-bond donors (Lipinski definition) is 1. The Kier molecular flexibility index (Phi) is 7.36. The molecule has 1 saturated heterocycles. The maximum atomic E-state index is 12.8. The van der Waals surface area contributed by atoms with Crippen molar-refractivity contribution in [3.63, 3.8) is 0 Å². The number of amides is 1. The quantitative estimate of drug-likeness (QED) is 0.429. The molecule has 2 aliphatic rings. The highest BCUT2D eigenvalue weighted by molar-refractivity contribution is 5.84. The summed E-state index contributed by atoms with van der Waals surface area (Å²) in [6, 6.07) is 9.14. The van der Waals surface area contributed by atoms with E-state index >= 15 is 0 Å². The lowest BCUT2D eigenvalue weighted by Crippen LogP contribution is -2.50. The number of piperazine rings is 1. The van der Waals surface area contributed by atoms with Crippen LogP contribution in [0.4, 0.5) is 18.9 Å². The van der Waals surface area contributed by atoms with Gasteiger partial charge in [0.05, 0.1) is 18.2 Å². The van der Waals surface area contributed by atoms with Crippen molar-refractivity contribution in [3.05, 3.63) is 83.8 Å². The van der Waals surface area contributed by atoms with Crippen LogP contribution >= 0.6 is 0 Å². The molecule has 1 N–H and O–H groups in total. The van der Waals surface area contributed by atoms with Crippen LogP contribution in [0.5, 0.6) is 0 Å². The molecule has 0 bridgehead atoms.